The van der Waals surface area contributed by atoms with Crippen LogP contribution in [0.25, 0.3) is 0 Å². The highest BCUT2D eigenvalue weighted by Crippen LogP contribution is 2.19. The zero-order chi connectivity index (χ0) is 8.72. The second-order valence-electron chi connectivity index (χ2n) is 3.07. The second-order valence-corrected chi connectivity index (χ2v) is 3.46. The van der Waals surface area contributed by atoms with E-state index in [1.807, 2.05) is 6.92 Å². The predicted molar refractivity (Wildman–Crippen MR) is 61.0 cm³/mol. The van der Waals surface area contributed by atoms with E-state index in [4.69, 9.17) is 11.6 Å². The first-order valence-corrected chi connectivity index (χ1v) is 4.32. The van der Waals surface area contributed by atoms with Gasteiger partial charge in [-0.1, -0.05) is 11.6 Å². The zero-order valence-corrected chi connectivity index (χ0v) is 9.96. The third kappa shape index (κ3) is 1.94. The molecule has 2 aliphatic rings. The summed E-state index contributed by atoms with van der Waals surface area (Å²) < 4.78 is 0. The number of rotatable bonds is 0. The lowest BCUT2D eigenvalue weighted by atomic mass is 10.3. The predicted octanol–water partition coefficient (Wildman–Crippen LogP) is 2.18. The SMILES string of the molecule is Br.CC1=NC(Cl)=CC2=NC(C)CN12. The summed E-state index contributed by atoms with van der Waals surface area (Å²) in [6.07, 6.45) is 1.80. The maximum absolute atomic E-state index is 5.79. The highest BCUT2D eigenvalue weighted by atomic mass is 79.9. The van der Waals surface area contributed by atoms with Crippen molar-refractivity contribution in [3.05, 3.63) is 11.2 Å². The molecule has 0 saturated heterocycles. The molecule has 0 amide bonds. The fourth-order valence-electron chi connectivity index (χ4n) is 1.46. The van der Waals surface area contributed by atoms with E-state index < -0.39 is 0 Å². The summed E-state index contributed by atoms with van der Waals surface area (Å²) >= 11 is 5.79. The lowest BCUT2D eigenvalue weighted by Gasteiger charge is -2.21. The maximum Gasteiger partial charge on any atom is 0.134 e. The van der Waals surface area contributed by atoms with Gasteiger partial charge in [-0.05, 0) is 13.8 Å². The maximum atomic E-state index is 5.79. The molecule has 1 atom stereocenters. The van der Waals surface area contributed by atoms with E-state index in [0.717, 1.165) is 18.2 Å². The van der Waals surface area contributed by atoms with Crippen molar-refractivity contribution in [3.8, 4) is 0 Å². The first-order chi connectivity index (χ1) is 5.66. The molecule has 0 fully saturated rings. The van der Waals surface area contributed by atoms with Crippen LogP contribution in [0.5, 0.6) is 0 Å². The summed E-state index contributed by atoms with van der Waals surface area (Å²) in [5.41, 5.74) is 0. The molecule has 5 heteroatoms. The second kappa shape index (κ2) is 3.80. The number of aliphatic imine (C=N–C) groups is 2. The Hall–Kier alpha value is -0.350. The molecule has 0 aliphatic carbocycles. The lowest BCUT2D eigenvalue weighted by Crippen LogP contribution is -2.34. The quantitative estimate of drug-likeness (QED) is 0.616. The van der Waals surface area contributed by atoms with Crippen LogP contribution in [-0.2, 0) is 0 Å². The van der Waals surface area contributed by atoms with Crippen molar-refractivity contribution in [1.29, 1.82) is 0 Å². The van der Waals surface area contributed by atoms with Crippen LogP contribution < -0.4 is 0 Å². The molecule has 0 aromatic heterocycles. The monoisotopic (exact) mass is 263 g/mol. The lowest BCUT2D eigenvalue weighted by molar-refractivity contribution is 0.594. The van der Waals surface area contributed by atoms with Crippen LogP contribution in [0.4, 0.5) is 0 Å². The van der Waals surface area contributed by atoms with Gasteiger partial charge in [0.25, 0.3) is 0 Å². The van der Waals surface area contributed by atoms with Gasteiger partial charge in [-0.2, -0.15) is 0 Å². The van der Waals surface area contributed by atoms with Crippen molar-refractivity contribution in [1.82, 2.24) is 4.90 Å². The van der Waals surface area contributed by atoms with E-state index >= 15 is 0 Å². The van der Waals surface area contributed by atoms with Crippen molar-refractivity contribution in [2.75, 3.05) is 6.54 Å². The van der Waals surface area contributed by atoms with E-state index in [0.29, 0.717) is 11.2 Å². The first-order valence-electron chi connectivity index (χ1n) is 3.94. The van der Waals surface area contributed by atoms with Gasteiger partial charge in [0.05, 0.1) is 6.04 Å². The fourth-order valence-corrected chi connectivity index (χ4v) is 1.68. The molecule has 0 bridgehead atoms. The molecule has 0 saturated carbocycles. The smallest absolute Gasteiger partial charge is 0.134 e. The molecular weight excluding hydrogens is 253 g/mol. The minimum absolute atomic E-state index is 0. The summed E-state index contributed by atoms with van der Waals surface area (Å²) in [5, 5.41) is 0.525. The largest absolute Gasteiger partial charge is 0.313 e. The van der Waals surface area contributed by atoms with Gasteiger partial charge in [0.1, 0.15) is 16.8 Å². The average molecular weight is 265 g/mol. The third-order valence-electron chi connectivity index (χ3n) is 1.98. The van der Waals surface area contributed by atoms with E-state index in [2.05, 4.69) is 21.8 Å². The van der Waals surface area contributed by atoms with Crippen LogP contribution in [0.1, 0.15) is 13.8 Å². The highest BCUT2D eigenvalue weighted by Gasteiger charge is 2.25. The Bertz CT molecular complexity index is 309. The van der Waals surface area contributed by atoms with Gasteiger partial charge in [0.15, 0.2) is 0 Å². The summed E-state index contributed by atoms with van der Waals surface area (Å²) in [4.78, 5) is 10.6. The Labute approximate surface area is 93.0 Å². The summed E-state index contributed by atoms with van der Waals surface area (Å²) in [6.45, 7) is 4.95. The van der Waals surface area contributed by atoms with Crippen LogP contribution in [0, 0.1) is 0 Å². The van der Waals surface area contributed by atoms with Gasteiger partial charge in [-0.15, -0.1) is 17.0 Å². The molecule has 2 aliphatic heterocycles. The molecule has 0 aromatic carbocycles. The number of hydrogen-bond donors (Lipinski definition) is 0. The number of halogens is 2. The molecule has 13 heavy (non-hydrogen) atoms. The molecule has 0 spiro atoms. The Morgan fingerprint density at radius 3 is 3.00 bits per heavy atom. The van der Waals surface area contributed by atoms with Gasteiger partial charge in [-0.3, -0.25) is 4.99 Å². The number of hydrogen-bond acceptors (Lipinski definition) is 3. The molecule has 72 valence electrons. The van der Waals surface area contributed by atoms with E-state index in [9.17, 15) is 0 Å². The van der Waals surface area contributed by atoms with E-state index in [1.54, 1.807) is 6.08 Å². The van der Waals surface area contributed by atoms with Gasteiger partial charge in [-0.25, -0.2) is 4.99 Å². The van der Waals surface area contributed by atoms with Crippen LogP contribution in [0.3, 0.4) is 0 Å². The number of nitrogens with zero attached hydrogens (tertiary/aromatic N) is 3. The summed E-state index contributed by atoms with van der Waals surface area (Å²) in [6, 6.07) is 0.351. The van der Waals surface area contributed by atoms with Crippen LogP contribution in [0.2, 0.25) is 0 Å². The van der Waals surface area contributed by atoms with E-state index in [1.165, 1.54) is 0 Å². The standard InChI is InChI=1S/C8H10ClN3.BrH/c1-5-4-12-6(2)11-7(9)3-8(12)10-5;/h3,5H,4H2,1-2H3;1H. The average Bonchev–Trinajstić information content (AvgIpc) is 2.29. The molecular formula is C8H11BrClN3. The topological polar surface area (TPSA) is 28.0 Å². The van der Waals surface area contributed by atoms with Crippen LogP contribution >= 0.6 is 28.6 Å². The molecule has 1 unspecified atom stereocenters. The van der Waals surface area contributed by atoms with Gasteiger partial charge in [0.2, 0.25) is 0 Å². The molecule has 0 N–H and O–H groups in total. The van der Waals surface area contributed by atoms with Crippen molar-refractivity contribution >= 4 is 40.3 Å². The number of fused-ring (bicyclic) bond motifs is 1. The summed E-state index contributed by atoms with van der Waals surface area (Å²) in [5.74, 6) is 1.88. The van der Waals surface area contributed by atoms with Crippen molar-refractivity contribution in [2.24, 2.45) is 9.98 Å². The van der Waals surface area contributed by atoms with Crippen molar-refractivity contribution < 1.29 is 0 Å². The Morgan fingerprint density at radius 2 is 2.31 bits per heavy atom. The number of amidine groups is 2. The third-order valence-corrected chi connectivity index (χ3v) is 2.18. The Morgan fingerprint density at radius 1 is 1.62 bits per heavy atom. The molecule has 2 rings (SSSR count). The van der Waals surface area contributed by atoms with Crippen LogP contribution in [0.15, 0.2) is 21.2 Å². The minimum Gasteiger partial charge on any atom is -0.313 e. The van der Waals surface area contributed by atoms with Gasteiger partial charge < -0.3 is 4.90 Å². The highest BCUT2D eigenvalue weighted by molar-refractivity contribution is 8.93. The molecule has 2 heterocycles. The minimum atomic E-state index is 0. The molecule has 3 nitrogen and oxygen atoms in total. The van der Waals surface area contributed by atoms with Gasteiger partial charge >= 0.3 is 0 Å². The van der Waals surface area contributed by atoms with Crippen molar-refractivity contribution in [2.45, 2.75) is 19.9 Å². The Kier molecular flexibility index (Phi) is 3.14. The zero-order valence-electron chi connectivity index (χ0n) is 7.49. The van der Waals surface area contributed by atoms with Crippen LogP contribution in [-0.4, -0.2) is 29.2 Å². The summed E-state index contributed by atoms with van der Waals surface area (Å²) in [7, 11) is 0. The normalized spacial score (nSPS) is 25.6. The first kappa shape index (κ1) is 10.7. The fraction of sp³-hybridized carbons (Fsp3) is 0.500. The molecule has 0 aromatic rings. The van der Waals surface area contributed by atoms with Gasteiger partial charge in [0, 0.05) is 12.6 Å². The van der Waals surface area contributed by atoms with E-state index in [-0.39, 0.29) is 17.0 Å². The molecule has 0 radical (unpaired) electrons. The van der Waals surface area contributed by atoms with Crippen molar-refractivity contribution in [3.63, 3.8) is 0 Å². The Balaban J connectivity index is 0.000000845.